The molecule has 5 nitrogen and oxygen atoms in total. The molecule has 23 heavy (non-hydrogen) atoms. The quantitative estimate of drug-likeness (QED) is 0.621. The molecular weight excluding hydrogens is 288 g/mol. The van der Waals surface area contributed by atoms with Crippen LogP contribution in [0.15, 0.2) is 4.99 Å². The lowest BCUT2D eigenvalue weighted by Gasteiger charge is -2.35. The van der Waals surface area contributed by atoms with E-state index < -0.39 is 0 Å². The number of ether oxygens (including phenoxy) is 1. The Morgan fingerprint density at radius 1 is 1.26 bits per heavy atom. The molecule has 0 amide bonds. The number of nitrogens with one attached hydrogen (secondary N) is 1. The van der Waals surface area contributed by atoms with Crippen molar-refractivity contribution in [3.63, 3.8) is 0 Å². The zero-order valence-electron chi connectivity index (χ0n) is 15.6. The standard InChI is InChI=1S/C18H36N4O/c1-5-19-18(22-8-6-16(4)7-9-22)20-12-17-14-21(10-11-23-17)13-15(2)3/h15-17H,5-14H2,1-4H3,(H,19,20). The zero-order valence-corrected chi connectivity index (χ0v) is 15.6. The van der Waals surface area contributed by atoms with E-state index in [9.17, 15) is 0 Å². The monoisotopic (exact) mass is 324 g/mol. The first-order valence-electron chi connectivity index (χ1n) is 9.45. The van der Waals surface area contributed by atoms with Gasteiger partial charge in [0.1, 0.15) is 0 Å². The molecule has 0 spiro atoms. The second-order valence-corrected chi connectivity index (χ2v) is 7.51. The van der Waals surface area contributed by atoms with E-state index in [1.807, 2.05) is 0 Å². The van der Waals surface area contributed by atoms with E-state index in [4.69, 9.17) is 9.73 Å². The number of hydrogen-bond donors (Lipinski definition) is 1. The molecule has 2 aliphatic heterocycles. The number of guanidine groups is 1. The highest BCUT2D eigenvalue weighted by Gasteiger charge is 2.22. The maximum atomic E-state index is 5.93. The van der Waals surface area contributed by atoms with Crippen LogP contribution in [0.1, 0.15) is 40.5 Å². The van der Waals surface area contributed by atoms with Gasteiger partial charge in [-0.1, -0.05) is 20.8 Å². The Bertz CT molecular complexity index is 364. The van der Waals surface area contributed by atoms with Gasteiger partial charge in [0.25, 0.3) is 0 Å². The Hall–Kier alpha value is -0.810. The molecule has 2 aliphatic rings. The van der Waals surface area contributed by atoms with Gasteiger partial charge in [-0.2, -0.15) is 0 Å². The Morgan fingerprint density at radius 3 is 2.65 bits per heavy atom. The molecule has 1 unspecified atom stereocenters. The second kappa shape index (κ2) is 9.48. The Morgan fingerprint density at radius 2 is 2.00 bits per heavy atom. The molecule has 0 aliphatic carbocycles. The second-order valence-electron chi connectivity index (χ2n) is 7.51. The molecule has 0 aromatic heterocycles. The first-order chi connectivity index (χ1) is 11.1. The molecule has 0 radical (unpaired) electrons. The molecule has 0 aromatic rings. The number of rotatable bonds is 5. The molecule has 2 rings (SSSR count). The van der Waals surface area contributed by atoms with Crippen LogP contribution in [-0.2, 0) is 4.74 Å². The van der Waals surface area contributed by atoms with E-state index in [-0.39, 0.29) is 6.10 Å². The highest BCUT2D eigenvalue weighted by atomic mass is 16.5. The first kappa shape index (κ1) is 18.5. The van der Waals surface area contributed by atoms with Gasteiger partial charge in [0.2, 0.25) is 0 Å². The lowest BCUT2D eigenvalue weighted by Crippen LogP contribution is -2.47. The fraction of sp³-hybridized carbons (Fsp3) is 0.944. The third-order valence-electron chi connectivity index (χ3n) is 4.71. The summed E-state index contributed by atoms with van der Waals surface area (Å²) in [7, 11) is 0. The van der Waals surface area contributed by atoms with Crippen LogP contribution < -0.4 is 5.32 Å². The number of aliphatic imine (C=N–C) groups is 1. The van der Waals surface area contributed by atoms with E-state index >= 15 is 0 Å². The number of hydrogen-bond acceptors (Lipinski definition) is 3. The highest BCUT2D eigenvalue weighted by molar-refractivity contribution is 5.80. The number of piperidine rings is 1. The lowest BCUT2D eigenvalue weighted by molar-refractivity contribution is -0.0262. The van der Waals surface area contributed by atoms with Gasteiger partial charge >= 0.3 is 0 Å². The van der Waals surface area contributed by atoms with Gasteiger partial charge in [-0.15, -0.1) is 0 Å². The summed E-state index contributed by atoms with van der Waals surface area (Å²) in [4.78, 5) is 9.81. The molecule has 0 aromatic carbocycles. The average molecular weight is 325 g/mol. The fourth-order valence-corrected chi connectivity index (χ4v) is 3.41. The first-order valence-corrected chi connectivity index (χ1v) is 9.45. The maximum absolute atomic E-state index is 5.93. The van der Waals surface area contributed by atoms with Crippen LogP contribution >= 0.6 is 0 Å². The summed E-state index contributed by atoms with van der Waals surface area (Å²) in [6.45, 7) is 17.1. The molecule has 5 heteroatoms. The summed E-state index contributed by atoms with van der Waals surface area (Å²) in [6.07, 6.45) is 2.78. The van der Waals surface area contributed by atoms with Crippen molar-refractivity contribution < 1.29 is 4.74 Å². The molecule has 2 heterocycles. The van der Waals surface area contributed by atoms with Crippen molar-refractivity contribution in [2.45, 2.75) is 46.6 Å². The molecule has 1 N–H and O–H groups in total. The summed E-state index contributed by atoms with van der Waals surface area (Å²) in [5.41, 5.74) is 0. The minimum atomic E-state index is 0.236. The predicted octanol–water partition coefficient (Wildman–Crippen LogP) is 2.04. The summed E-state index contributed by atoms with van der Waals surface area (Å²) < 4.78 is 5.93. The third kappa shape index (κ3) is 6.30. The minimum Gasteiger partial charge on any atom is -0.374 e. The zero-order chi connectivity index (χ0) is 16.7. The molecule has 1 atom stereocenters. The molecule has 2 saturated heterocycles. The van der Waals surface area contributed by atoms with Crippen LogP contribution in [-0.4, -0.2) is 74.3 Å². The molecular formula is C18H36N4O. The molecule has 0 saturated carbocycles. The smallest absolute Gasteiger partial charge is 0.194 e. The van der Waals surface area contributed by atoms with E-state index in [1.165, 1.54) is 12.8 Å². The predicted molar refractivity (Wildman–Crippen MR) is 97.0 cm³/mol. The van der Waals surface area contributed by atoms with Crippen molar-refractivity contribution in [3.8, 4) is 0 Å². The van der Waals surface area contributed by atoms with Gasteiger partial charge in [-0.25, -0.2) is 0 Å². The fourth-order valence-electron chi connectivity index (χ4n) is 3.41. The molecule has 0 bridgehead atoms. The Labute approximate surface area is 142 Å². The Balaban J connectivity index is 1.86. The highest BCUT2D eigenvalue weighted by Crippen LogP contribution is 2.16. The number of nitrogens with zero attached hydrogens (tertiary/aromatic N) is 3. The van der Waals surface area contributed by atoms with Gasteiger partial charge in [0, 0.05) is 39.3 Å². The topological polar surface area (TPSA) is 40.1 Å². The van der Waals surface area contributed by atoms with E-state index in [0.29, 0.717) is 5.92 Å². The Kier molecular flexibility index (Phi) is 7.63. The van der Waals surface area contributed by atoms with Crippen LogP contribution in [0.3, 0.4) is 0 Å². The molecule has 134 valence electrons. The number of morpholine rings is 1. The van der Waals surface area contributed by atoms with Crippen LogP contribution in [0, 0.1) is 11.8 Å². The average Bonchev–Trinajstić information content (AvgIpc) is 2.52. The largest absolute Gasteiger partial charge is 0.374 e. The number of likely N-dealkylation sites (tertiary alicyclic amines) is 1. The normalized spacial score (nSPS) is 25.2. The van der Waals surface area contributed by atoms with Crippen LogP contribution in [0.5, 0.6) is 0 Å². The van der Waals surface area contributed by atoms with E-state index in [1.54, 1.807) is 0 Å². The van der Waals surface area contributed by atoms with Crippen molar-refractivity contribution in [1.82, 2.24) is 15.1 Å². The lowest BCUT2D eigenvalue weighted by atomic mass is 10.00. The van der Waals surface area contributed by atoms with Crippen molar-refractivity contribution in [2.75, 3.05) is 52.4 Å². The summed E-state index contributed by atoms with van der Waals surface area (Å²) in [5, 5.41) is 3.46. The summed E-state index contributed by atoms with van der Waals surface area (Å²) in [5.74, 6) is 2.63. The van der Waals surface area contributed by atoms with Gasteiger partial charge in [0.05, 0.1) is 19.3 Å². The molecule has 2 fully saturated rings. The maximum Gasteiger partial charge on any atom is 0.194 e. The van der Waals surface area contributed by atoms with Crippen molar-refractivity contribution in [2.24, 2.45) is 16.8 Å². The third-order valence-corrected chi connectivity index (χ3v) is 4.71. The van der Waals surface area contributed by atoms with Crippen LogP contribution in [0.25, 0.3) is 0 Å². The van der Waals surface area contributed by atoms with Crippen LogP contribution in [0.2, 0.25) is 0 Å². The minimum absolute atomic E-state index is 0.236. The van der Waals surface area contributed by atoms with Gasteiger partial charge < -0.3 is 15.0 Å². The summed E-state index contributed by atoms with van der Waals surface area (Å²) >= 11 is 0. The van der Waals surface area contributed by atoms with Gasteiger partial charge in [-0.3, -0.25) is 9.89 Å². The van der Waals surface area contributed by atoms with Crippen molar-refractivity contribution >= 4 is 5.96 Å². The van der Waals surface area contributed by atoms with Crippen molar-refractivity contribution in [3.05, 3.63) is 0 Å². The van der Waals surface area contributed by atoms with E-state index in [2.05, 4.69) is 42.8 Å². The van der Waals surface area contributed by atoms with Gasteiger partial charge in [-0.05, 0) is 31.6 Å². The van der Waals surface area contributed by atoms with Gasteiger partial charge in [0.15, 0.2) is 5.96 Å². The summed E-state index contributed by atoms with van der Waals surface area (Å²) in [6, 6.07) is 0. The van der Waals surface area contributed by atoms with Crippen molar-refractivity contribution in [1.29, 1.82) is 0 Å². The van der Waals surface area contributed by atoms with Crippen LogP contribution in [0.4, 0.5) is 0 Å². The van der Waals surface area contributed by atoms with E-state index in [0.717, 1.165) is 64.3 Å². The SMILES string of the molecule is CCNC(=NCC1CN(CC(C)C)CCO1)N1CCC(C)CC1.